The van der Waals surface area contributed by atoms with Crippen LogP contribution in [0.5, 0.6) is 17.4 Å². The highest BCUT2D eigenvalue weighted by Crippen LogP contribution is 2.56. The Bertz CT molecular complexity index is 2080. The van der Waals surface area contributed by atoms with Crippen molar-refractivity contribution in [2.45, 2.75) is 54.9 Å². The number of anilines is 1. The topological polar surface area (TPSA) is 157 Å². The van der Waals surface area contributed by atoms with Crippen LogP contribution in [-0.2, 0) is 13.7 Å². The number of Topliss-reactive ketones (excluding diaryl/α,β-unsaturated/α-hetero) is 1. The van der Waals surface area contributed by atoms with Gasteiger partial charge in [0.25, 0.3) is 11.8 Å². The average molecular weight is 736 g/mol. The molecule has 4 aromatic rings. The van der Waals surface area contributed by atoms with Crippen LogP contribution < -0.4 is 20.1 Å². The van der Waals surface area contributed by atoms with Gasteiger partial charge >= 0.3 is 0 Å². The lowest BCUT2D eigenvalue weighted by Crippen LogP contribution is -2.54. The maximum absolute atomic E-state index is 13.2. The number of nitrogens with zero attached hydrogens (tertiary/aromatic N) is 3. The number of carbonyl (C=O) groups is 5. The summed E-state index contributed by atoms with van der Waals surface area (Å²) < 4.78 is 11.9. The van der Waals surface area contributed by atoms with E-state index in [-0.39, 0.29) is 46.0 Å². The van der Waals surface area contributed by atoms with Crippen LogP contribution in [0.2, 0.25) is 0 Å². The first-order valence-corrected chi connectivity index (χ1v) is 18.9. The van der Waals surface area contributed by atoms with Crippen molar-refractivity contribution in [2.75, 3.05) is 16.8 Å². The van der Waals surface area contributed by atoms with Crippen molar-refractivity contribution in [2.24, 2.45) is 0 Å². The molecule has 3 aromatic carbocycles. The molecule has 3 aliphatic heterocycles. The Balaban J connectivity index is 0.865. The van der Waals surface area contributed by atoms with E-state index in [1.807, 2.05) is 47.8 Å². The van der Waals surface area contributed by atoms with Gasteiger partial charge in [-0.05, 0) is 66.1 Å². The molecular formula is C38H33N5O7S2. The van der Waals surface area contributed by atoms with Gasteiger partial charge in [0.05, 0.1) is 11.1 Å². The molecule has 1 aromatic heterocycles. The van der Waals surface area contributed by atoms with Crippen molar-refractivity contribution < 1.29 is 33.4 Å². The summed E-state index contributed by atoms with van der Waals surface area (Å²) in [6.45, 7) is 1.44. The Morgan fingerprint density at radius 1 is 0.846 bits per heavy atom. The maximum Gasteiger partial charge on any atom is 0.262 e. The molecule has 0 radical (unpaired) electrons. The lowest BCUT2D eigenvalue weighted by atomic mass is 9.89. The van der Waals surface area contributed by atoms with Gasteiger partial charge in [-0.3, -0.25) is 34.2 Å². The summed E-state index contributed by atoms with van der Waals surface area (Å²) in [5.74, 6) is 1.58. The minimum atomic E-state index is -0.991. The van der Waals surface area contributed by atoms with Gasteiger partial charge in [-0.15, -0.1) is 33.7 Å². The average Bonchev–Trinajstić information content (AvgIpc) is 3.72. The molecule has 3 fully saturated rings. The molecule has 0 bridgehead atoms. The van der Waals surface area contributed by atoms with Crippen molar-refractivity contribution in [1.29, 1.82) is 0 Å². The molecule has 4 heterocycles. The number of amides is 4. The Hall–Kier alpha value is -5.21. The number of fused-ring (bicyclic) bond motifs is 1. The number of benzene rings is 3. The molecule has 2 N–H and O–H groups in total. The molecule has 14 heteroatoms. The first kappa shape index (κ1) is 33.9. The molecule has 0 spiro atoms. The number of thioether (sulfide) groups is 2. The maximum atomic E-state index is 13.2. The first-order chi connectivity index (χ1) is 25.2. The van der Waals surface area contributed by atoms with Crippen LogP contribution in [0.25, 0.3) is 0 Å². The summed E-state index contributed by atoms with van der Waals surface area (Å²) in [4.78, 5) is 62.6. The van der Waals surface area contributed by atoms with Gasteiger partial charge in [0.15, 0.2) is 5.78 Å². The predicted molar refractivity (Wildman–Crippen MR) is 195 cm³/mol. The van der Waals surface area contributed by atoms with Crippen LogP contribution in [-0.4, -0.2) is 74.2 Å². The molecule has 264 valence electrons. The minimum absolute atomic E-state index is 0.0316. The number of ether oxygens (including phenoxy) is 2. The standard InChI is InChI=1S/C38H33N5O7S2/c1-21(44)31-12-15-34(42-41-31)50-27-9-4-23(5-10-27)38(51-16-17-52-38)22-2-7-26(8-3-22)49-28-18-25(19-28)39-24-6-11-29-30(20-24)37(48)43(36(29)47)32-13-14-33(45)40-35(32)46/h2-12,15,20,25,28,32,39H,13-14,16-19H2,1H3,(H,40,45,46). The van der Waals surface area contributed by atoms with Gasteiger partial charge < -0.3 is 14.8 Å². The van der Waals surface area contributed by atoms with E-state index < -0.39 is 29.7 Å². The number of piperidine rings is 1. The smallest absolute Gasteiger partial charge is 0.262 e. The summed E-state index contributed by atoms with van der Waals surface area (Å²) >= 11 is 3.82. The lowest BCUT2D eigenvalue weighted by molar-refractivity contribution is -0.136. The Kier molecular flexibility index (Phi) is 8.95. The number of aromatic nitrogens is 2. The number of ketones is 1. The molecule has 1 saturated carbocycles. The van der Waals surface area contributed by atoms with Crippen LogP contribution in [0.15, 0.2) is 78.9 Å². The van der Waals surface area contributed by atoms with Crippen molar-refractivity contribution in [3.05, 3.63) is 107 Å². The normalized spacial score (nSPS) is 22.0. The van der Waals surface area contributed by atoms with E-state index in [1.54, 1.807) is 30.3 Å². The molecule has 1 aliphatic carbocycles. The fourth-order valence-corrected chi connectivity index (χ4v) is 10.1. The van der Waals surface area contributed by atoms with Crippen LogP contribution in [0, 0.1) is 0 Å². The van der Waals surface area contributed by atoms with Gasteiger partial charge in [-0.2, -0.15) is 0 Å². The molecule has 8 rings (SSSR count). The number of nitrogens with one attached hydrogen (secondary N) is 2. The highest BCUT2D eigenvalue weighted by atomic mass is 32.2. The number of imide groups is 2. The highest BCUT2D eigenvalue weighted by molar-refractivity contribution is 8.20. The van der Waals surface area contributed by atoms with Gasteiger partial charge in [-0.1, -0.05) is 24.3 Å². The quantitative estimate of drug-likeness (QED) is 0.154. The van der Waals surface area contributed by atoms with Gasteiger partial charge in [0, 0.05) is 55.5 Å². The lowest BCUT2D eigenvalue weighted by Gasteiger charge is -2.36. The zero-order valence-corrected chi connectivity index (χ0v) is 29.6. The fourth-order valence-electron chi connectivity index (χ4n) is 6.86. The Labute approximate surface area is 307 Å². The van der Waals surface area contributed by atoms with E-state index in [2.05, 4.69) is 45.1 Å². The van der Waals surface area contributed by atoms with E-state index in [0.717, 1.165) is 40.6 Å². The third kappa shape index (κ3) is 6.41. The number of hydrogen-bond donors (Lipinski definition) is 2. The van der Waals surface area contributed by atoms with Gasteiger partial charge in [0.2, 0.25) is 17.7 Å². The molecule has 4 aliphatic rings. The summed E-state index contributed by atoms with van der Waals surface area (Å²) in [6.07, 6.45) is 1.77. The zero-order chi connectivity index (χ0) is 36.0. The van der Waals surface area contributed by atoms with Crippen LogP contribution >= 0.6 is 23.5 Å². The fraction of sp³-hybridized carbons (Fsp3) is 0.289. The van der Waals surface area contributed by atoms with Crippen molar-refractivity contribution in [3.8, 4) is 17.4 Å². The highest BCUT2D eigenvalue weighted by Gasteiger charge is 2.45. The molecule has 1 atom stereocenters. The van der Waals surface area contributed by atoms with Crippen LogP contribution in [0.4, 0.5) is 5.69 Å². The molecule has 4 amide bonds. The third-order valence-corrected chi connectivity index (χ3v) is 13.1. The summed E-state index contributed by atoms with van der Waals surface area (Å²) in [7, 11) is 0. The van der Waals surface area contributed by atoms with E-state index in [4.69, 9.17) is 9.47 Å². The van der Waals surface area contributed by atoms with E-state index >= 15 is 0 Å². The summed E-state index contributed by atoms with van der Waals surface area (Å²) in [6, 6.07) is 23.7. The van der Waals surface area contributed by atoms with Crippen molar-refractivity contribution in [3.63, 3.8) is 0 Å². The van der Waals surface area contributed by atoms with E-state index in [1.165, 1.54) is 12.5 Å². The monoisotopic (exact) mass is 735 g/mol. The number of carbonyl (C=O) groups excluding carboxylic acids is 5. The first-order valence-electron chi connectivity index (χ1n) is 17.0. The second kappa shape index (κ2) is 13.7. The van der Waals surface area contributed by atoms with Gasteiger partial charge in [0.1, 0.15) is 33.4 Å². The van der Waals surface area contributed by atoms with Crippen LogP contribution in [0.1, 0.15) is 74.9 Å². The minimum Gasteiger partial charge on any atom is -0.490 e. The predicted octanol–water partition coefficient (Wildman–Crippen LogP) is 5.58. The van der Waals surface area contributed by atoms with Gasteiger partial charge in [-0.25, -0.2) is 0 Å². The zero-order valence-electron chi connectivity index (χ0n) is 28.0. The summed E-state index contributed by atoms with van der Waals surface area (Å²) in [5.41, 5.74) is 3.85. The SMILES string of the molecule is CC(=O)c1ccc(Oc2ccc(C3(c4ccc(OC5CC(Nc6ccc7c(c6)C(=O)N(C6CCC(=O)NC6=O)C7=O)C5)cc4)SCCS3)cc2)nn1. The van der Waals surface area contributed by atoms with Crippen molar-refractivity contribution in [1.82, 2.24) is 20.4 Å². The second-order valence-electron chi connectivity index (χ2n) is 13.0. The van der Waals surface area contributed by atoms with Crippen molar-refractivity contribution >= 4 is 58.6 Å². The summed E-state index contributed by atoms with van der Waals surface area (Å²) in [5, 5.41) is 13.6. The number of hydrogen-bond acceptors (Lipinski definition) is 12. The van der Waals surface area contributed by atoms with E-state index in [9.17, 15) is 24.0 Å². The second-order valence-corrected chi connectivity index (χ2v) is 15.9. The molecule has 1 unspecified atom stereocenters. The van der Waals surface area contributed by atoms with Crippen LogP contribution in [0.3, 0.4) is 0 Å². The Morgan fingerprint density at radius 2 is 1.52 bits per heavy atom. The molecule has 12 nitrogen and oxygen atoms in total. The molecule has 2 saturated heterocycles. The molecule has 52 heavy (non-hydrogen) atoms. The van der Waals surface area contributed by atoms with E-state index in [0.29, 0.717) is 23.0 Å². The molecular weight excluding hydrogens is 703 g/mol. The third-order valence-electron chi connectivity index (χ3n) is 9.59. The largest absolute Gasteiger partial charge is 0.490 e. The number of rotatable bonds is 10. The Morgan fingerprint density at radius 3 is 2.15 bits per heavy atom.